The van der Waals surface area contributed by atoms with Gasteiger partial charge in [-0.1, -0.05) is 0 Å². The van der Waals surface area contributed by atoms with E-state index in [0.717, 1.165) is 32.8 Å². The monoisotopic (exact) mass is 433 g/mol. The summed E-state index contributed by atoms with van der Waals surface area (Å²) >= 11 is 0. The molecule has 0 atom stereocenters. The molecule has 0 aliphatic carbocycles. The van der Waals surface area contributed by atoms with E-state index in [1.807, 2.05) is 29.7 Å². The van der Waals surface area contributed by atoms with Crippen molar-refractivity contribution in [2.24, 2.45) is 14.1 Å². The van der Waals surface area contributed by atoms with Crippen molar-refractivity contribution in [3.63, 3.8) is 0 Å². The molecule has 2 aromatic carbocycles. The van der Waals surface area contributed by atoms with Crippen molar-refractivity contribution in [3.05, 3.63) is 80.9 Å². The number of fused-ring (bicyclic) bond motifs is 3. The standard InChI is InChI=1S/C23H20FN5O3/c1-13-11-16(9-10-18(13)32-4)29-17(14-5-7-15(24)8-6-14)12-28-19-20(25-22(28)29)26(2)23(31)27(3)21(19)30/h5-12H,1-4H3. The van der Waals surface area contributed by atoms with E-state index in [1.165, 1.54) is 23.7 Å². The van der Waals surface area contributed by atoms with Gasteiger partial charge in [-0.2, -0.15) is 4.98 Å². The Hall–Kier alpha value is -4.14. The lowest BCUT2D eigenvalue weighted by Crippen LogP contribution is -2.37. The van der Waals surface area contributed by atoms with Crippen LogP contribution in [0.1, 0.15) is 5.56 Å². The largest absolute Gasteiger partial charge is 0.496 e. The van der Waals surface area contributed by atoms with E-state index in [-0.39, 0.29) is 17.0 Å². The Morgan fingerprint density at radius 2 is 1.72 bits per heavy atom. The fourth-order valence-electron chi connectivity index (χ4n) is 4.05. The maximum Gasteiger partial charge on any atom is 0.332 e. The highest BCUT2D eigenvalue weighted by Crippen LogP contribution is 2.31. The summed E-state index contributed by atoms with van der Waals surface area (Å²) in [7, 11) is 4.63. The maximum atomic E-state index is 13.6. The first-order chi connectivity index (χ1) is 15.3. The average Bonchev–Trinajstić information content (AvgIpc) is 3.33. The first-order valence-electron chi connectivity index (χ1n) is 9.92. The van der Waals surface area contributed by atoms with Gasteiger partial charge in [-0.05, 0) is 55.0 Å². The lowest BCUT2D eigenvalue weighted by Gasteiger charge is -2.12. The molecule has 8 nitrogen and oxygen atoms in total. The number of aromatic nitrogens is 5. The molecule has 162 valence electrons. The van der Waals surface area contributed by atoms with E-state index in [1.54, 1.807) is 36.9 Å². The fraction of sp³-hybridized carbons (Fsp3) is 0.174. The lowest BCUT2D eigenvalue weighted by molar-refractivity contribution is 0.411. The van der Waals surface area contributed by atoms with Crippen LogP contribution in [0.15, 0.2) is 58.3 Å². The number of ether oxygens (including phenoxy) is 1. The van der Waals surface area contributed by atoms with Gasteiger partial charge in [0.05, 0.1) is 12.8 Å². The van der Waals surface area contributed by atoms with Crippen LogP contribution < -0.4 is 16.0 Å². The average molecular weight is 433 g/mol. The van der Waals surface area contributed by atoms with Gasteiger partial charge in [0.25, 0.3) is 5.56 Å². The highest BCUT2D eigenvalue weighted by Gasteiger charge is 2.22. The molecule has 5 rings (SSSR count). The number of methoxy groups -OCH3 is 1. The van der Waals surface area contributed by atoms with E-state index in [4.69, 9.17) is 4.74 Å². The van der Waals surface area contributed by atoms with Gasteiger partial charge in [0.15, 0.2) is 11.2 Å². The third kappa shape index (κ3) is 2.71. The quantitative estimate of drug-likeness (QED) is 0.439. The van der Waals surface area contributed by atoms with E-state index < -0.39 is 11.2 Å². The van der Waals surface area contributed by atoms with E-state index >= 15 is 0 Å². The van der Waals surface area contributed by atoms with E-state index in [0.29, 0.717) is 5.78 Å². The SMILES string of the molecule is COc1ccc(-n2c(-c3ccc(F)cc3)cn3c4c(=O)n(C)c(=O)n(C)c4nc23)cc1C. The minimum absolute atomic E-state index is 0.289. The summed E-state index contributed by atoms with van der Waals surface area (Å²) in [4.78, 5) is 30.0. The summed E-state index contributed by atoms with van der Waals surface area (Å²) in [6.07, 6.45) is 1.78. The third-order valence-electron chi connectivity index (χ3n) is 5.74. The predicted molar refractivity (Wildman–Crippen MR) is 119 cm³/mol. The summed E-state index contributed by atoms with van der Waals surface area (Å²) in [6.45, 7) is 1.93. The first-order valence-corrected chi connectivity index (χ1v) is 9.92. The van der Waals surface area contributed by atoms with Crippen molar-refractivity contribution < 1.29 is 9.13 Å². The molecule has 3 heterocycles. The number of aryl methyl sites for hydroxylation is 2. The van der Waals surface area contributed by atoms with Gasteiger partial charge in [0.2, 0.25) is 5.78 Å². The molecule has 0 amide bonds. The lowest BCUT2D eigenvalue weighted by atomic mass is 10.1. The topological polar surface area (TPSA) is 75.5 Å². The molecule has 0 saturated heterocycles. The molecule has 0 N–H and O–H groups in total. The van der Waals surface area contributed by atoms with Gasteiger partial charge in [0.1, 0.15) is 11.6 Å². The van der Waals surface area contributed by atoms with Crippen LogP contribution in [-0.4, -0.2) is 30.2 Å². The van der Waals surface area contributed by atoms with Crippen LogP contribution in [-0.2, 0) is 14.1 Å². The first kappa shape index (κ1) is 19.8. The Balaban J connectivity index is 1.94. The Kier molecular flexibility index (Phi) is 4.30. The number of halogens is 1. The molecular weight excluding hydrogens is 413 g/mol. The number of hydrogen-bond acceptors (Lipinski definition) is 4. The molecule has 0 saturated carbocycles. The summed E-state index contributed by atoms with van der Waals surface area (Å²) in [5.41, 5.74) is 2.86. The molecular formula is C23H20FN5O3. The van der Waals surface area contributed by atoms with Crippen LogP contribution in [0.3, 0.4) is 0 Å². The smallest absolute Gasteiger partial charge is 0.332 e. The minimum Gasteiger partial charge on any atom is -0.496 e. The summed E-state index contributed by atoms with van der Waals surface area (Å²) in [5, 5.41) is 0. The third-order valence-corrected chi connectivity index (χ3v) is 5.74. The molecule has 0 radical (unpaired) electrons. The van der Waals surface area contributed by atoms with Crippen molar-refractivity contribution in [2.75, 3.05) is 7.11 Å². The fourth-order valence-corrected chi connectivity index (χ4v) is 4.05. The van der Waals surface area contributed by atoms with Gasteiger partial charge >= 0.3 is 5.69 Å². The second kappa shape index (κ2) is 6.94. The number of imidazole rings is 2. The van der Waals surface area contributed by atoms with Crippen LogP contribution in [0.2, 0.25) is 0 Å². The Labute approximate surface area is 181 Å². The second-order valence-electron chi connectivity index (χ2n) is 7.67. The number of hydrogen-bond donors (Lipinski definition) is 0. The Morgan fingerprint density at radius 3 is 2.38 bits per heavy atom. The molecule has 0 aliphatic rings. The molecule has 9 heteroatoms. The highest BCUT2D eigenvalue weighted by molar-refractivity contribution is 5.79. The number of benzene rings is 2. The van der Waals surface area contributed by atoms with Gasteiger partial charge in [0, 0.05) is 31.5 Å². The predicted octanol–water partition coefficient (Wildman–Crippen LogP) is 2.80. The Bertz CT molecular complexity index is 1640. The minimum atomic E-state index is -0.450. The molecule has 0 unspecified atom stereocenters. The Morgan fingerprint density at radius 1 is 1.00 bits per heavy atom. The number of nitrogens with zero attached hydrogens (tertiary/aromatic N) is 5. The van der Waals surface area contributed by atoms with E-state index in [9.17, 15) is 14.0 Å². The molecule has 0 aliphatic heterocycles. The van der Waals surface area contributed by atoms with Crippen LogP contribution in [0.4, 0.5) is 4.39 Å². The van der Waals surface area contributed by atoms with Crippen molar-refractivity contribution in [1.29, 1.82) is 0 Å². The molecule has 5 aromatic rings. The van der Waals surface area contributed by atoms with Crippen LogP contribution in [0.5, 0.6) is 5.75 Å². The van der Waals surface area contributed by atoms with Crippen molar-refractivity contribution in [2.45, 2.75) is 6.92 Å². The molecule has 3 aromatic heterocycles. The number of rotatable bonds is 3. The van der Waals surface area contributed by atoms with Gasteiger partial charge in [-0.25, -0.2) is 9.18 Å². The summed E-state index contributed by atoms with van der Waals surface area (Å²) in [6, 6.07) is 11.8. The zero-order valence-corrected chi connectivity index (χ0v) is 18.0. The van der Waals surface area contributed by atoms with Gasteiger partial charge in [-0.3, -0.25) is 22.9 Å². The van der Waals surface area contributed by atoms with Crippen molar-refractivity contribution in [3.8, 4) is 22.7 Å². The zero-order valence-electron chi connectivity index (χ0n) is 18.0. The summed E-state index contributed by atoms with van der Waals surface area (Å²) in [5.74, 6) is 0.860. The van der Waals surface area contributed by atoms with Crippen LogP contribution in [0, 0.1) is 12.7 Å². The zero-order chi connectivity index (χ0) is 22.7. The van der Waals surface area contributed by atoms with Gasteiger partial charge < -0.3 is 4.74 Å². The van der Waals surface area contributed by atoms with Crippen LogP contribution >= 0.6 is 0 Å². The molecule has 0 spiro atoms. The van der Waals surface area contributed by atoms with E-state index in [2.05, 4.69) is 4.98 Å². The maximum absolute atomic E-state index is 13.6. The van der Waals surface area contributed by atoms with Crippen molar-refractivity contribution in [1.82, 2.24) is 23.1 Å². The van der Waals surface area contributed by atoms with Crippen LogP contribution in [0.25, 0.3) is 33.9 Å². The molecule has 32 heavy (non-hydrogen) atoms. The van der Waals surface area contributed by atoms with Gasteiger partial charge in [-0.15, -0.1) is 0 Å². The second-order valence-corrected chi connectivity index (χ2v) is 7.67. The molecule has 0 fully saturated rings. The molecule has 0 bridgehead atoms. The normalized spacial score (nSPS) is 11.5. The summed E-state index contributed by atoms with van der Waals surface area (Å²) < 4.78 is 24.9. The highest BCUT2D eigenvalue weighted by atomic mass is 19.1. The van der Waals surface area contributed by atoms with Crippen molar-refractivity contribution >= 4 is 16.9 Å².